The minimum absolute atomic E-state index is 0.179. The van der Waals surface area contributed by atoms with E-state index in [9.17, 15) is 22.8 Å². The van der Waals surface area contributed by atoms with Crippen molar-refractivity contribution in [3.8, 4) is 0 Å². The maximum Gasteiger partial charge on any atom is 0.433 e. The molecule has 1 heterocycles. The largest absolute Gasteiger partial charge is 0.433 e. The average molecular weight is 371 g/mol. The Kier molecular flexibility index (Phi) is 5.89. The summed E-state index contributed by atoms with van der Waals surface area (Å²) in [4.78, 5) is 28.9. The third-order valence-electron chi connectivity index (χ3n) is 3.35. The fourth-order valence-electron chi connectivity index (χ4n) is 2.16. The predicted octanol–water partition coefficient (Wildman–Crippen LogP) is 3.39. The highest BCUT2D eigenvalue weighted by Crippen LogP contribution is 2.27. The quantitative estimate of drug-likeness (QED) is 0.624. The number of carbonyl (C=O) groups is 1. The lowest BCUT2D eigenvalue weighted by Gasteiger charge is -2.13. The number of aryl methyl sites for hydroxylation is 2. The molecule has 0 unspecified atom stereocenters. The number of aromatic nitrogens is 2. The number of H-pyrrole nitrogens is 1. The molecule has 9 heteroatoms. The van der Waals surface area contributed by atoms with Gasteiger partial charge in [-0.25, -0.2) is 4.98 Å². The number of nitrogens with one attached hydrogen (secondary N) is 2. The van der Waals surface area contributed by atoms with Gasteiger partial charge in [-0.05, 0) is 24.5 Å². The molecule has 2 N–H and O–H groups in total. The van der Waals surface area contributed by atoms with Gasteiger partial charge in [0.2, 0.25) is 5.91 Å². The number of carbonyl (C=O) groups excluding carboxylic acids is 1. The molecular formula is C16H16F3N3O2S. The lowest BCUT2D eigenvalue weighted by molar-refractivity contribution is -0.141. The molecule has 1 amide bonds. The molecule has 134 valence electrons. The van der Waals surface area contributed by atoms with E-state index in [0.29, 0.717) is 11.8 Å². The minimum Gasteiger partial charge on any atom is -0.325 e. The summed E-state index contributed by atoms with van der Waals surface area (Å²) in [5.41, 5.74) is 0.345. The first kappa shape index (κ1) is 19.0. The number of rotatable bonds is 5. The van der Waals surface area contributed by atoms with E-state index in [1.165, 1.54) is 0 Å². The Hall–Kier alpha value is -2.29. The molecule has 2 aromatic rings. The van der Waals surface area contributed by atoms with E-state index in [-0.39, 0.29) is 10.9 Å². The number of para-hydroxylation sites is 1. The van der Waals surface area contributed by atoms with Crippen molar-refractivity contribution in [2.45, 2.75) is 31.6 Å². The second-order valence-electron chi connectivity index (χ2n) is 5.23. The zero-order chi connectivity index (χ0) is 18.6. The number of hydrogen-bond donors (Lipinski definition) is 2. The molecule has 0 spiro atoms. The van der Waals surface area contributed by atoms with Crippen molar-refractivity contribution in [1.29, 1.82) is 0 Å². The molecule has 1 aromatic carbocycles. The third-order valence-corrected chi connectivity index (χ3v) is 4.23. The van der Waals surface area contributed by atoms with Crippen molar-refractivity contribution >= 4 is 23.4 Å². The van der Waals surface area contributed by atoms with E-state index in [1.54, 1.807) is 0 Å². The highest BCUT2D eigenvalue weighted by molar-refractivity contribution is 7.99. The topological polar surface area (TPSA) is 74.8 Å². The average Bonchev–Trinajstić information content (AvgIpc) is 2.53. The van der Waals surface area contributed by atoms with Gasteiger partial charge in [-0.15, -0.1) is 0 Å². The molecule has 0 atom stereocenters. The van der Waals surface area contributed by atoms with Crippen molar-refractivity contribution in [1.82, 2.24) is 9.97 Å². The summed E-state index contributed by atoms with van der Waals surface area (Å²) >= 11 is 0.733. The second kappa shape index (κ2) is 7.73. The summed E-state index contributed by atoms with van der Waals surface area (Å²) in [5, 5.41) is 2.50. The van der Waals surface area contributed by atoms with Gasteiger partial charge >= 0.3 is 6.18 Å². The van der Waals surface area contributed by atoms with Gasteiger partial charge < -0.3 is 10.3 Å². The number of anilines is 1. The van der Waals surface area contributed by atoms with Crippen LogP contribution in [0.2, 0.25) is 0 Å². The van der Waals surface area contributed by atoms with Crippen LogP contribution in [0.15, 0.2) is 34.2 Å². The Morgan fingerprint density at radius 2 is 2.08 bits per heavy atom. The summed E-state index contributed by atoms with van der Waals surface area (Å²) in [6.07, 6.45) is -3.99. The normalized spacial score (nSPS) is 11.4. The van der Waals surface area contributed by atoms with Crippen LogP contribution in [-0.4, -0.2) is 21.6 Å². The maximum absolute atomic E-state index is 12.7. The fraction of sp³-hybridized carbons (Fsp3) is 0.312. The Bertz CT molecular complexity index is 834. The third kappa shape index (κ3) is 5.09. The van der Waals surface area contributed by atoms with Gasteiger partial charge in [-0.1, -0.05) is 36.9 Å². The van der Waals surface area contributed by atoms with Crippen LogP contribution in [0, 0.1) is 6.92 Å². The monoisotopic (exact) mass is 371 g/mol. The lowest BCUT2D eigenvalue weighted by Crippen LogP contribution is -2.19. The lowest BCUT2D eigenvalue weighted by atomic mass is 10.1. The number of amides is 1. The molecule has 0 aliphatic carbocycles. The first-order valence-corrected chi connectivity index (χ1v) is 8.39. The van der Waals surface area contributed by atoms with Crippen molar-refractivity contribution < 1.29 is 18.0 Å². The highest BCUT2D eigenvalue weighted by atomic mass is 32.2. The van der Waals surface area contributed by atoms with E-state index in [1.807, 2.05) is 32.0 Å². The molecule has 0 radical (unpaired) electrons. The summed E-state index contributed by atoms with van der Waals surface area (Å²) in [6, 6.07) is 6.01. The Labute approximate surface area is 146 Å². The Morgan fingerprint density at radius 3 is 2.72 bits per heavy atom. The van der Waals surface area contributed by atoms with Gasteiger partial charge in [0, 0.05) is 11.8 Å². The SMILES string of the molecule is CCc1cccc(C)c1NC(=O)CSc1nc(C(F)(F)F)cc(=O)[nH]1. The molecule has 2 rings (SSSR count). The van der Waals surface area contributed by atoms with Gasteiger partial charge in [-0.2, -0.15) is 13.2 Å². The van der Waals surface area contributed by atoms with Crippen LogP contribution in [0.3, 0.4) is 0 Å². The first-order chi connectivity index (χ1) is 11.7. The van der Waals surface area contributed by atoms with Gasteiger partial charge in [0.25, 0.3) is 5.56 Å². The van der Waals surface area contributed by atoms with Crippen LogP contribution in [0.25, 0.3) is 0 Å². The first-order valence-electron chi connectivity index (χ1n) is 7.40. The molecular weight excluding hydrogens is 355 g/mol. The van der Waals surface area contributed by atoms with Crippen molar-refractivity contribution in [3.05, 3.63) is 51.4 Å². The summed E-state index contributed by atoms with van der Waals surface area (Å²) in [7, 11) is 0. The van der Waals surface area contributed by atoms with Gasteiger partial charge in [0.1, 0.15) is 0 Å². The number of benzene rings is 1. The molecule has 0 aliphatic rings. The molecule has 25 heavy (non-hydrogen) atoms. The molecule has 0 saturated heterocycles. The molecule has 0 aliphatic heterocycles. The molecule has 5 nitrogen and oxygen atoms in total. The van der Waals surface area contributed by atoms with Crippen molar-refractivity contribution in [2.75, 3.05) is 11.1 Å². The highest BCUT2D eigenvalue weighted by Gasteiger charge is 2.33. The molecule has 0 fully saturated rings. The molecule has 1 aromatic heterocycles. The van der Waals surface area contributed by atoms with Crippen LogP contribution in [-0.2, 0) is 17.4 Å². The van der Waals surface area contributed by atoms with Crippen LogP contribution >= 0.6 is 11.8 Å². The summed E-state index contributed by atoms with van der Waals surface area (Å²) in [5.74, 6) is -0.573. The standard InChI is InChI=1S/C16H16F3N3O2S/c1-3-10-6-4-5-9(2)14(10)21-13(24)8-25-15-20-11(16(17,18)19)7-12(23)22-15/h4-7H,3,8H2,1-2H3,(H,21,24)(H,20,22,23). The van der Waals surface area contributed by atoms with Crippen molar-refractivity contribution in [2.24, 2.45) is 0 Å². The van der Waals surface area contributed by atoms with Gasteiger partial charge in [0.15, 0.2) is 10.9 Å². The van der Waals surface area contributed by atoms with E-state index in [4.69, 9.17) is 0 Å². The van der Waals surface area contributed by atoms with Crippen LogP contribution in [0.1, 0.15) is 23.7 Å². The number of hydrogen-bond acceptors (Lipinski definition) is 4. The molecule has 0 bridgehead atoms. The van der Waals surface area contributed by atoms with Crippen molar-refractivity contribution in [3.63, 3.8) is 0 Å². The van der Waals surface area contributed by atoms with E-state index < -0.39 is 23.3 Å². The smallest absolute Gasteiger partial charge is 0.325 e. The van der Waals surface area contributed by atoms with Crippen LogP contribution in [0.5, 0.6) is 0 Å². The number of nitrogens with zero attached hydrogens (tertiary/aromatic N) is 1. The Balaban J connectivity index is 2.09. The Morgan fingerprint density at radius 1 is 1.36 bits per heavy atom. The predicted molar refractivity (Wildman–Crippen MR) is 89.8 cm³/mol. The van der Waals surface area contributed by atoms with Crippen LogP contribution < -0.4 is 10.9 Å². The number of halogens is 3. The van der Waals surface area contributed by atoms with Gasteiger partial charge in [-0.3, -0.25) is 9.59 Å². The van der Waals surface area contributed by atoms with E-state index >= 15 is 0 Å². The summed E-state index contributed by atoms with van der Waals surface area (Å²) in [6.45, 7) is 3.81. The number of aromatic amines is 1. The zero-order valence-corrected chi connectivity index (χ0v) is 14.3. The summed E-state index contributed by atoms with van der Waals surface area (Å²) < 4.78 is 38.0. The van der Waals surface area contributed by atoms with E-state index in [0.717, 1.165) is 29.3 Å². The number of alkyl halides is 3. The number of thioether (sulfide) groups is 1. The van der Waals surface area contributed by atoms with Gasteiger partial charge in [0.05, 0.1) is 5.75 Å². The van der Waals surface area contributed by atoms with Crippen LogP contribution in [0.4, 0.5) is 18.9 Å². The molecule has 0 saturated carbocycles. The fourth-order valence-corrected chi connectivity index (χ4v) is 2.84. The zero-order valence-electron chi connectivity index (χ0n) is 13.5. The van der Waals surface area contributed by atoms with E-state index in [2.05, 4.69) is 15.3 Å². The maximum atomic E-state index is 12.7. The second-order valence-corrected chi connectivity index (χ2v) is 6.20. The minimum atomic E-state index is -4.72.